The van der Waals surface area contributed by atoms with Gasteiger partial charge in [0.05, 0.1) is 12.9 Å². The van der Waals surface area contributed by atoms with Crippen LogP contribution in [0.5, 0.6) is 0 Å². The Labute approximate surface area is 102 Å². The van der Waals surface area contributed by atoms with Gasteiger partial charge in [0.25, 0.3) is 5.56 Å². The molecule has 3 aromatic rings. The lowest BCUT2D eigenvalue weighted by molar-refractivity contribution is 0.664. The minimum absolute atomic E-state index is 0.268. The molecule has 0 saturated heterocycles. The molecule has 0 amide bonds. The molecule has 0 bridgehead atoms. The molecular weight excluding hydrogens is 230 g/mol. The van der Waals surface area contributed by atoms with E-state index in [-0.39, 0.29) is 11.1 Å². The van der Waals surface area contributed by atoms with Crippen LogP contribution in [-0.2, 0) is 6.54 Å². The van der Waals surface area contributed by atoms with Crippen molar-refractivity contribution in [3.8, 4) is 0 Å². The zero-order chi connectivity index (χ0) is 12.5. The summed E-state index contributed by atoms with van der Waals surface area (Å²) in [4.78, 5) is 18.1. The molecule has 6 nitrogen and oxygen atoms in total. The predicted molar refractivity (Wildman–Crippen MR) is 66.2 cm³/mol. The van der Waals surface area contributed by atoms with Gasteiger partial charge in [-0.15, -0.1) is 5.10 Å². The van der Waals surface area contributed by atoms with E-state index in [9.17, 15) is 4.79 Å². The minimum Gasteiger partial charge on any atom is -0.311 e. The molecule has 2 aromatic heterocycles. The second kappa shape index (κ2) is 4.06. The fourth-order valence-corrected chi connectivity index (χ4v) is 1.78. The number of nitrogens with one attached hydrogen (secondary N) is 1. The molecular formula is C12H11N5O. The SMILES string of the molecule is Cc1ccc(Cn2nnc3c(=O)[nH]cnc32)cc1. The van der Waals surface area contributed by atoms with Crippen molar-refractivity contribution in [3.05, 3.63) is 52.1 Å². The minimum atomic E-state index is -0.268. The first kappa shape index (κ1) is 10.6. The molecule has 0 unspecified atom stereocenters. The second-order valence-electron chi connectivity index (χ2n) is 4.14. The number of fused-ring (bicyclic) bond motifs is 1. The monoisotopic (exact) mass is 241 g/mol. The molecule has 1 aromatic carbocycles. The Balaban J connectivity index is 2.03. The molecule has 1 N–H and O–H groups in total. The number of nitrogens with zero attached hydrogens (tertiary/aromatic N) is 4. The first-order valence-corrected chi connectivity index (χ1v) is 5.56. The van der Waals surface area contributed by atoms with Gasteiger partial charge in [0.1, 0.15) is 0 Å². The van der Waals surface area contributed by atoms with Crippen molar-refractivity contribution < 1.29 is 0 Å². The smallest absolute Gasteiger partial charge is 0.280 e. The lowest BCUT2D eigenvalue weighted by Gasteiger charge is -2.02. The summed E-state index contributed by atoms with van der Waals surface area (Å²) in [5, 5.41) is 7.80. The number of H-pyrrole nitrogens is 1. The van der Waals surface area contributed by atoms with Gasteiger partial charge in [-0.25, -0.2) is 9.67 Å². The Morgan fingerprint density at radius 1 is 1.28 bits per heavy atom. The Bertz CT molecular complexity index is 741. The van der Waals surface area contributed by atoms with Crippen LogP contribution in [0.4, 0.5) is 0 Å². The van der Waals surface area contributed by atoms with Crippen molar-refractivity contribution in [1.82, 2.24) is 25.0 Å². The van der Waals surface area contributed by atoms with Gasteiger partial charge in [0.15, 0.2) is 11.2 Å². The van der Waals surface area contributed by atoms with E-state index < -0.39 is 0 Å². The van der Waals surface area contributed by atoms with Gasteiger partial charge in [-0.2, -0.15) is 0 Å². The number of aromatic nitrogens is 5. The van der Waals surface area contributed by atoms with Gasteiger partial charge in [0, 0.05) is 0 Å². The summed E-state index contributed by atoms with van der Waals surface area (Å²) in [6.45, 7) is 2.59. The lowest BCUT2D eigenvalue weighted by Crippen LogP contribution is -2.08. The van der Waals surface area contributed by atoms with Crippen molar-refractivity contribution >= 4 is 11.2 Å². The predicted octanol–water partition coefficient (Wildman–Crippen LogP) is 0.871. The zero-order valence-corrected chi connectivity index (χ0v) is 9.79. The Morgan fingerprint density at radius 2 is 2.06 bits per heavy atom. The highest BCUT2D eigenvalue weighted by Crippen LogP contribution is 2.08. The third-order valence-corrected chi connectivity index (χ3v) is 2.76. The quantitative estimate of drug-likeness (QED) is 0.722. The molecule has 0 radical (unpaired) electrons. The van der Waals surface area contributed by atoms with E-state index in [2.05, 4.69) is 20.3 Å². The first-order chi connectivity index (χ1) is 8.74. The normalized spacial score (nSPS) is 10.9. The maximum Gasteiger partial charge on any atom is 0.280 e. The largest absolute Gasteiger partial charge is 0.311 e. The molecule has 0 fully saturated rings. The van der Waals surface area contributed by atoms with E-state index in [4.69, 9.17) is 0 Å². The number of aryl methyl sites for hydroxylation is 1. The van der Waals surface area contributed by atoms with Gasteiger partial charge in [-0.05, 0) is 12.5 Å². The Morgan fingerprint density at radius 3 is 2.83 bits per heavy atom. The van der Waals surface area contributed by atoms with E-state index in [1.54, 1.807) is 4.68 Å². The first-order valence-electron chi connectivity index (χ1n) is 5.56. The molecule has 6 heteroatoms. The lowest BCUT2D eigenvalue weighted by atomic mass is 10.1. The van der Waals surface area contributed by atoms with Crippen LogP contribution in [0, 0.1) is 6.92 Å². The third-order valence-electron chi connectivity index (χ3n) is 2.76. The highest BCUT2D eigenvalue weighted by Gasteiger charge is 2.08. The van der Waals surface area contributed by atoms with Gasteiger partial charge in [-0.1, -0.05) is 35.0 Å². The molecule has 0 spiro atoms. The van der Waals surface area contributed by atoms with E-state index in [1.807, 2.05) is 31.2 Å². The van der Waals surface area contributed by atoms with Crippen LogP contribution >= 0.6 is 0 Å². The fourth-order valence-electron chi connectivity index (χ4n) is 1.78. The van der Waals surface area contributed by atoms with Crippen LogP contribution in [-0.4, -0.2) is 25.0 Å². The number of aromatic amines is 1. The maximum absolute atomic E-state index is 11.5. The number of benzene rings is 1. The van der Waals surface area contributed by atoms with Crippen LogP contribution < -0.4 is 5.56 Å². The summed E-state index contributed by atoms with van der Waals surface area (Å²) in [6.07, 6.45) is 1.36. The Kier molecular flexibility index (Phi) is 2.40. The third kappa shape index (κ3) is 1.77. The van der Waals surface area contributed by atoms with Gasteiger partial charge in [0.2, 0.25) is 0 Å². The molecule has 90 valence electrons. The van der Waals surface area contributed by atoms with Gasteiger partial charge in [-0.3, -0.25) is 4.79 Å². The van der Waals surface area contributed by atoms with Crippen LogP contribution in [0.1, 0.15) is 11.1 Å². The average Bonchev–Trinajstić information content (AvgIpc) is 2.77. The van der Waals surface area contributed by atoms with Gasteiger partial charge >= 0.3 is 0 Å². The molecule has 0 aliphatic rings. The zero-order valence-electron chi connectivity index (χ0n) is 9.79. The molecule has 0 aliphatic carbocycles. The highest BCUT2D eigenvalue weighted by molar-refractivity contribution is 5.67. The average molecular weight is 241 g/mol. The van der Waals surface area contributed by atoms with E-state index in [0.29, 0.717) is 12.2 Å². The highest BCUT2D eigenvalue weighted by atomic mass is 16.1. The van der Waals surface area contributed by atoms with Crippen molar-refractivity contribution in [3.63, 3.8) is 0 Å². The van der Waals surface area contributed by atoms with Gasteiger partial charge < -0.3 is 4.98 Å². The summed E-state index contributed by atoms with van der Waals surface area (Å²) in [5.41, 5.74) is 2.80. The molecule has 18 heavy (non-hydrogen) atoms. The van der Waals surface area contributed by atoms with Crippen LogP contribution in [0.2, 0.25) is 0 Å². The molecule has 0 saturated carbocycles. The van der Waals surface area contributed by atoms with Crippen molar-refractivity contribution in [2.24, 2.45) is 0 Å². The van der Waals surface area contributed by atoms with Crippen LogP contribution in [0.25, 0.3) is 11.2 Å². The van der Waals surface area contributed by atoms with Crippen LogP contribution in [0.3, 0.4) is 0 Å². The summed E-state index contributed by atoms with van der Waals surface area (Å²) in [5.74, 6) is 0. The second-order valence-corrected chi connectivity index (χ2v) is 4.14. The van der Waals surface area contributed by atoms with Crippen molar-refractivity contribution in [2.75, 3.05) is 0 Å². The molecule has 2 heterocycles. The summed E-state index contributed by atoms with van der Waals surface area (Å²) in [6, 6.07) is 8.12. The van der Waals surface area contributed by atoms with E-state index in [0.717, 1.165) is 5.56 Å². The topological polar surface area (TPSA) is 76.5 Å². The summed E-state index contributed by atoms with van der Waals surface area (Å²) < 4.78 is 1.62. The number of rotatable bonds is 2. The fraction of sp³-hybridized carbons (Fsp3) is 0.167. The number of hydrogen-bond donors (Lipinski definition) is 1. The Hall–Kier alpha value is -2.50. The maximum atomic E-state index is 11.5. The van der Waals surface area contributed by atoms with E-state index in [1.165, 1.54) is 11.9 Å². The van der Waals surface area contributed by atoms with E-state index >= 15 is 0 Å². The summed E-state index contributed by atoms with van der Waals surface area (Å²) in [7, 11) is 0. The standard InChI is InChI=1S/C12H11N5O/c1-8-2-4-9(5-3-8)6-17-11-10(15-16-17)12(18)14-7-13-11/h2-5,7H,6H2,1H3,(H,13,14,18). The van der Waals surface area contributed by atoms with Crippen molar-refractivity contribution in [1.29, 1.82) is 0 Å². The summed E-state index contributed by atoms with van der Waals surface area (Å²) >= 11 is 0. The number of hydrogen-bond acceptors (Lipinski definition) is 4. The van der Waals surface area contributed by atoms with Crippen LogP contribution in [0.15, 0.2) is 35.4 Å². The van der Waals surface area contributed by atoms with Crippen molar-refractivity contribution in [2.45, 2.75) is 13.5 Å². The molecule has 0 atom stereocenters. The molecule has 0 aliphatic heterocycles. The molecule has 3 rings (SSSR count).